The Hall–Kier alpha value is -2.93. The highest BCUT2D eigenvalue weighted by Crippen LogP contribution is 2.25. The van der Waals surface area contributed by atoms with Gasteiger partial charge in [0, 0.05) is 45.0 Å². The molecular formula is C23H29F3N6O. The lowest BCUT2D eigenvalue weighted by Crippen LogP contribution is -2.52. The molecule has 1 atom stereocenters. The van der Waals surface area contributed by atoms with Crippen molar-refractivity contribution >= 4 is 5.69 Å². The molecule has 0 unspecified atom stereocenters. The summed E-state index contributed by atoms with van der Waals surface area (Å²) < 4.78 is 40.1. The van der Waals surface area contributed by atoms with Crippen LogP contribution < -0.4 is 10.5 Å². The first-order chi connectivity index (χ1) is 15.7. The fourth-order valence-electron chi connectivity index (χ4n) is 4.21. The molecule has 10 heteroatoms. The van der Waals surface area contributed by atoms with Crippen molar-refractivity contribution in [2.24, 2.45) is 0 Å². The standard InChI is InChI=1S/C23H29F3N6O/c1-3-4-5-9-32-22(33)19(13-27)21(14-29-32)31-11-10-30(15-17(31)2)16-18-7-6-8-28-20(18)12-23(24,25)26/h6-8,14,17H,3-5,9-12,15-16H2,1-2H3/t17-/m1/s1. The molecule has 33 heavy (non-hydrogen) atoms. The average Bonchev–Trinajstić information content (AvgIpc) is 2.75. The topological polar surface area (TPSA) is 78.1 Å². The van der Waals surface area contributed by atoms with E-state index in [4.69, 9.17) is 0 Å². The molecular weight excluding hydrogens is 433 g/mol. The van der Waals surface area contributed by atoms with Gasteiger partial charge in [0.15, 0.2) is 0 Å². The Kier molecular flexibility index (Phi) is 8.08. The molecule has 1 aliphatic heterocycles. The van der Waals surface area contributed by atoms with Crippen LogP contribution in [-0.4, -0.2) is 51.5 Å². The summed E-state index contributed by atoms with van der Waals surface area (Å²) in [6.07, 6.45) is 0.436. The monoisotopic (exact) mass is 462 g/mol. The number of pyridine rings is 1. The minimum Gasteiger partial charge on any atom is -0.364 e. The summed E-state index contributed by atoms with van der Waals surface area (Å²) in [5, 5.41) is 13.9. The van der Waals surface area contributed by atoms with E-state index in [1.807, 2.05) is 17.9 Å². The van der Waals surface area contributed by atoms with Crippen molar-refractivity contribution in [2.45, 2.75) is 64.8 Å². The van der Waals surface area contributed by atoms with Crippen LogP contribution in [0.5, 0.6) is 0 Å². The van der Waals surface area contributed by atoms with Crippen LogP contribution >= 0.6 is 0 Å². The van der Waals surface area contributed by atoms with Gasteiger partial charge in [-0.1, -0.05) is 25.8 Å². The van der Waals surface area contributed by atoms with Gasteiger partial charge in [-0.2, -0.15) is 23.5 Å². The molecule has 0 spiro atoms. The summed E-state index contributed by atoms with van der Waals surface area (Å²) in [6.45, 7) is 6.58. The Morgan fingerprint density at radius 2 is 2.06 bits per heavy atom. The van der Waals surface area contributed by atoms with Gasteiger partial charge in [0.2, 0.25) is 0 Å². The number of hydrogen-bond acceptors (Lipinski definition) is 6. The number of alkyl halides is 3. The van der Waals surface area contributed by atoms with Gasteiger partial charge in [-0.3, -0.25) is 14.7 Å². The minimum atomic E-state index is -4.31. The van der Waals surface area contributed by atoms with E-state index in [9.17, 15) is 23.2 Å². The fraction of sp³-hybridized carbons (Fsp3) is 0.565. The molecule has 0 amide bonds. The molecule has 7 nitrogen and oxygen atoms in total. The van der Waals surface area contributed by atoms with E-state index in [1.165, 1.54) is 10.9 Å². The second-order valence-corrected chi connectivity index (χ2v) is 8.43. The Morgan fingerprint density at radius 1 is 1.27 bits per heavy atom. The summed E-state index contributed by atoms with van der Waals surface area (Å²) in [7, 11) is 0. The van der Waals surface area contributed by atoms with Crippen LogP contribution in [0.2, 0.25) is 0 Å². The number of piperazine rings is 1. The third-order valence-corrected chi connectivity index (χ3v) is 5.88. The van der Waals surface area contributed by atoms with E-state index in [-0.39, 0.29) is 22.9 Å². The van der Waals surface area contributed by atoms with Crippen LogP contribution in [0.25, 0.3) is 0 Å². The van der Waals surface area contributed by atoms with Gasteiger partial charge in [-0.25, -0.2) is 4.68 Å². The van der Waals surface area contributed by atoms with Crippen LogP contribution in [-0.2, 0) is 19.5 Å². The molecule has 3 rings (SSSR count). The van der Waals surface area contributed by atoms with Gasteiger partial charge in [0.1, 0.15) is 11.6 Å². The van der Waals surface area contributed by atoms with E-state index in [2.05, 4.69) is 21.9 Å². The maximum Gasteiger partial charge on any atom is 0.394 e. The van der Waals surface area contributed by atoms with E-state index >= 15 is 0 Å². The highest BCUT2D eigenvalue weighted by molar-refractivity contribution is 5.57. The van der Waals surface area contributed by atoms with Crippen molar-refractivity contribution in [2.75, 3.05) is 24.5 Å². The second-order valence-electron chi connectivity index (χ2n) is 8.43. The smallest absolute Gasteiger partial charge is 0.364 e. The zero-order chi connectivity index (χ0) is 24.0. The molecule has 2 aromatic rings. The average molecular weight is 463 g/mol. The number of halogens is 3. The molecule has 1 aliphatic rings. The Morgan fingerprint density at radius 3 is 2.73 bits per heavy atom. The van der Waals surface area contributed by atoms with E-state index in [0.29, 0.717) is 44.0 Å². The summed E-state index contributed by atoms with van der Waals surface area (Å²) in [5.74, 6) is 0. The van der Waals surface area contributed by atoms with Crippen molar-refractivity contribution in [3.05, 3.63) is 51.7 Å². The molecule has 0 aliphatic carbocycles. The number of unbranched alkanes of at least 4 members (excludes halogenated alkanes) is 2. The lowest BCUT2D eigenvalue weighted by molar-refractivity contribution is -0.128. The maximum absolute atomic E-state index is 12.9. The first kappa shape index (κ1) is 24.7. The molecule has 0 bridgehead atoms. The van der Waals surface area contributed by atoms with Gasteiger partial charge in [0.25, 0.3) is 5.56 Å². The molecule has 0 saturated carbocycles. The lowest BCUT2D eigenvalue weighted by Gasteiger charge is -2.41. The Balaban J connectivity index is 1.72. The second kappa shape index (κ2) is 10.8. The first-order valence-electron chi connectivity index (χ1n) is 11.2. The number of hydrogen-bond donors (Lipinski definition) is 0. The maximum atomic E-state index is 12.9. The zero-order valence-electron chi connectivity index (χ0n) is 19.0. The third-order valence-electron chi connectivity index (χ3n) is 5.88. The van der Waals surface area contributed by atoms with Crippen LogP contribution in [0.15, 0.2) is 29.3 Å². The number of rotatable bonds is 8. The largest absolute Gasteiger partial charge is 0.394 e. The molecule has 3 heterocycles. The predicted molar refractivity (Wildman–Crippen MR) is 119 cm³/mol. The molecule has 0 aromatic carbocycles. The predicted octanol–water partition coefficient (Wildman–Crippen LogP) is 3.52. The SMILES string of the molecule is CCCCCn1ncc(N2CCN(Cc3cccnc3CC(F)(F)F)C[C@H]2C)c(C#N)c1=O. The van der Waals surface area contributed by atoms with Crippen LogP contribution in [0.1, 0.15) is 49.9 Å². The normalized spacial score (nSPS) is 17.2. The fourth-order valence-corrected chi connectivity index (χ4v) is 4.21. The van der Waals surface area contributed by atoms with Crippen LogP contribution in [0.3, 0.4) is 0 Å². The molecule has 1 saturated heterocycles. The molecule has 178 valence electrons. The van der Waals surface area contributed by atoms with E-state index in [1.54, 1.807) is 18.3 Å². The number of nitrogens with zero attached hydrogens (tertiary/aromatic N) is 6. The van der Waals surface area contributed by atoms with E-state index in [0.717, 1.165) is 19.3 Å². The third kappa shape index (κ3) is 6.32. The van der Waals surface area contributed by atoms with Crippen LogP contribution in [0.4, 0.5) is 18.9 Å². The van der Waals surface area contributed by atoms with Gasteiger partial charge >= 0.3 is 6.18 Å². The minimum absolute atomic E-state index is 0.0442. The summed E-state index contributed by atoms with van der Waals surface area (Å²) in [4.78, 5) is 20.8. The van der Waals surface area contributed by atoms with E-state index < -0.39 is 12.6 Å². The van der Waals surface area contributed by atoms with Crippen molar-refractivity contribution < 1.29 is 13.2 Å². The highest BCUT2D eigenvalue weighted by Gasteiger charge is 2.31. The molecule has 0 N–H and O–H groups in total. The van der Waals surface area contributed by atoms with Gasteiger partial charge in [-0.15, -0.1) is 0 Å². The zero-order valence-corrected chi connectivity index (χ0v) is 19.0. The molecule has 1 fully saturated rings. The quantitative estimate of drug-likeness (QED) is 0.559. The Bertz CT molecular complexity index is 1050. The van der Waals surface area contributed by atoms with Crippen molar-refractivity contribution in [1.29, 1.82) is 5.26 Å². The number of anilines is 1. The van der Waals surface area contributed by atoms with Gasteiger partial charge < -0.3 is 4.90 Å². The van der Waals surface area contributed by atoms with Gasteiger partial charge in [-0.05, 0) is 25.0 Å². The van der Waals surface area contributed by atoms with Crippen molar-refractivity contribution in [3.63, 3.8) is 0 Å². The highest BCUT2D eigenvalue weighted by atomic mass is 19.4. The first-order valence-corrected chi connectivity index (χ1v) is 11.2. The van der Waals surface area contributed by atoms with Gasteiger partial charge in [0.05, 0.1) is 24.0 Å². The number of aromatic nitrogens is 3. The lowest BCUT2D eigenvalue weighted by atomic mass is 10.1. The summed E-state index contributed by atoms with van der Waals surface area (Å²) in [6, 6.07) is 5.33. The van der Waals surface area contributed by atoms with Crippen LogP contribution in [0, 0.1) is 11.3 Å². The summed E-state index contributed by atoms with van der Waals surface area (Å²) >= 11 is 0. The molecule has 0 radical (unpaired) electrons. The number of aryl methyl sites for hydroxylation is 1. The molecule has 2 aromatic heterocycles. The Labute approximate surface area is 191 Å². The van der Waals surface area contributed by atoms with Crippen molar-refractivity contribution in [3.8, 4) is 6.07 Å². The van der Waals surface area contributed by atoms with Crippen molar-refractivity contribution in [1.82, 2.24) is 19.7 Å². The summed E-state index contributed by atoms with van der Waals surface area (Å²) in [5.41, 5.74) is 0.821. The number of nitriles is 1.